The van der Waals surface area contributed by atoms with Crippen LogP contribution in [0.2, 0.25) is 0 Å². The summed E-state index contributed by atoms with van der Waals surface area (Å²) in [5.41, 5.74) is 6.99. The molecule has 5 atom stereocenters. The first-order valence-corrected chi connectivity index (χ1v) is 5.53. The Labute approximate surface area is 74.7 Å². The van der Waals surface area contributed by atoms with Crippen LogP contribution in [0.4, 0.5) is 0 Å². The standard InChI is InChI=1S/C11H19N/c1-2-7-3-4-11-6-8(11)5-9(12)10(7)11/h7-10H,2-6,12H2,1H3. The monoisotopic (exact) mass is 165 g/mol. The number of rotatable bonds is 1. The van der Waals surface area contributed by atoms with Gasteiger partial charge in [0, 0.05) is 6.04 Å². The third-order valence-corrected chi connectivity index (χ3v) is 4.97. The number of hydrogen-bond donors (Lipinski definition) is 1. The predicted molar refractivity (Wildman–Crippen MR) is 49.6 cm³/mol. The minimum Gasteiger partial charge on any atom is -0.327 e. The third-order valence-electron chi connectivity index (χ3n) is 4.97. The first kappa shape index (κ1) is 7.37. The second kappa shape index (κ2) is 2.06. The van der Waals surface area contributed by atoms with Crippen LogP contribution in [0.5, 0.6) is 0 Å². The van der Waals surface area contributed by atoms with Gasteiger partial charge in [0.05, 0.1) is 0 Å². The summed E-state index contributed by atoms with van der Waals surface area (Å²) in [5.74, 6) is 2.95. The molecule has 1 nitrogen and oxygen atoms in total. The highest BCUT2D eigenvalue weighted by Crippen LogP contribution is 2.74. The highest BCUT2D eigenvalue weighted by atomic mass is 14.8. The summed E-state index contributed by atoms with van der Waals surface area (Å²) < 4.78 is 0. The lowest BCUT2D eigenvalue weighted by atomic mass is 9.84. The van der Waals surface area contributed by atoms with Crippen LogP contribution in [0, 0.1) is 23.2 Å². The van der Waals surface area contributed by atoms with Crippen molar-refractivity contribution in [1.82, 2.24) is 0 Å². The fraction of sp³-hybridized carbons (Fsp3) is 1.00. The van der Waals surface area contributed by atoms with Gasteiger partial charge in [-0.3, -0.25) is 0 Å². The Morgan fingerprint density at radius 3 is 3.08 bits per heavy atom. The molecule has 5 unspecified atom stereocenters. The van der Waals surface area contributed by atoms with E-state index in [-0.39, 0.29) is 0 Å². The zero-order chi connectivity index (χ0) is 8.34. The molecule has 0 radical (unpaired) electrons. The summed E-state index contributed by atoms with van der Waals surface area (Å²) in [6, 6.07) is 0.566. The molecular weight excluding hydrogens is 146 g/mol. The van der Waals surface area contributed by atoms with Crippen LogP contribution in [0.3, 0.4) is 0 Å². The molecule has 3 aliphatic carbocycles. The van der Waals surface area contributed by atoms with E-state index >= 15 is 0 Å². The lowest BCUT2D eigenvalue weighted by Gasteiger charge is -2.24. The van der Waals surface area contributed by atoms with E-state index in [2.05, 4.69) is 6.92 Å². The second-order valence-electron chi connectivity index (χ2n) is 5.27. The van der Waals surface area contributed by atoms with Crippen LogP contribution in [0.15, 0.2) is 0 Å². The van der Waals surface area contributed by atoms with E-state index in [1.165, 1.54) is 32.1 Å². The molecule has 3 rings (SSSR count). The quantitative estimate of drug-likeness (QED) is 0.633. The third kappa shape index (κ3) is 0.654. The van der Waals surface area contributed by atoms with Crippen molar-refractivity contribution in [3.05, 3.63) is 0 Å². The summed E-state index contributed by atoms with van der Waals surface area (Å²) in [6.07, 6.45) is 7.23. The Balaban J connectivity index is 1.90. The second-order valence-corrected chi connectivity index (χ2v) is 5.27. The smallest absolute Gasteiger partial charge is 0.00780 e. The highest BCUT2D eigenvalue weighted by Gasteiger charge is 2.68. The maximum absolute atomic E-state index is 6.20. The molecule has 3 fully saturated rings. The van der Waals surface area contributed by atoms with Crippen LogP contribution in [0.25, 0.3) is 0 Å². The fourth-order valence-electron chi connectivity index (χ4n) is 4.41. The zero-order valence-corrected chi connectivity index (χ0v) is 7.92. The Hall–Kier alpha value is -0.0400. The first-order chi connectivity index (χ1) is 5.78. The molecule has 0 amide bonds. The van der Waals surface area contributed by atoms with Crippen molar-refractivity contribution in [3.63, 3.8) is 0 Å². The van der Waals surface area contributed by atoms with Crippen LogP contribution >= 0.6 is 0 Å². The predicted octanol–water partition coefficient (Wildman–Crippen LogP) is 2.16. The lowest BCUT2D eigenvalue weighted by Crippen LogP contribution is -2.32. The molecule has 0 aromatic heterocycles. The highest BCUT2D eigenvalue weighted by molar-refractivity contribution is 5.19. The summed E-state index contributed by atoms with van der Waals surface area (Å²) in [6.45, 7) is 2.34. The molecule has 1 spiro atoms. The minimum absolute atomic E-state index is 0.566. The number of nitrogens with two attached hydrogens (primary N) is 1. The van der Waals surface area contributed by atoms with E-state index in [9.17, 15) is 0 Å². The summed E-state index contributed by atoms with van der Waals surface area (Å²) >= 11 is 0. The van der Waals surface area contributed by atoms with Crippen LogP contribution in [0.1, 0.15) is 39.0 Å². The normalized spacial score (nSPS) is 61.5. The molecule has 0 aliphatic heterocycles. The van der Waals surface area contributed by atoms with E-state index in [1.807, 2.05) is 0 Å². The van der Waals surface area contributed by atoms with Crippen LogP contribution in [-0.4, -0.2) is 6.04 Å². The van der Waals surface area contributed by atoms with Crippen molar-refractivity contribution < 1.29 is 0 Å². The molecule has 0 aromatic carbocycles. The Bertz CT molecular complexity index is 213. The van der Waals surface area contributed by atoms with Gasteiger partial charge < -0.3 is 5.73 Å². The van der Waals surface area contributed by atoms with Gasteiger partial charge in [-0.1, -0.05) is 13.3 Å². The van der Waals surface area contributed by atoms with Gasteiger partial charge in [0.25, 0.3) is 0 Å². The molecule has 1 heteroatoms. The average molecular weight is 165 g/mol. The van der Waals surface area contributed by atoms with Gasteiger partial charge in [0.1, 0.15) is 0 Å². The van der Waals surface area contributed by atoms with E-state index in [4.69, 9.17) is 5.73 Å². The van der Waals surface area contributed by atoms with Crippen molar-refractivity contribution in [2.45, 2.75) is 45.1 Å². The summed E-state index contributed by atoms with van der Waals surface area (Å²) in [5, 5.41) is 0. The topological polar surface area (TPSA) is 26.0 Å². The zero-order valence-electron chi connectivity index (χ0n) is 7.92. The van der Waals surface area contributed by atoms with Gasteiger partial charge >= 0.3 is 0 Å². The molecular formula is C11H19N. The van der Waals surface area contributed by atoms with E-state index < -0.39 is 0 Å². The van der Waals surface area contributed by atoms with Crippen LogP contribution < -0.4 is 5.73 Å². The minimum atomic E-state index is 0.566. The largest absolute Gasteiger partial charge is 0.327 e. The van der Waals surface area contributed by atoms with E-state index in [0.717, 1.165) is 23.2 Å². The Morgan fingerprint density at radius 1 is 1.50 bits per heavy atom. The van der Waals surface area contributed by atoms with Gasteiger partial charge in [0.2, 0.25) is 0 Å². The van der Waals surface area contributed by atoms with Gasteiger partial charge in [-0.15, -0.1) is 0 Å². The lowest BCUT2D eigenvalue weighted by molar-refractivity contribution is 0.273. The first-order valence-electron chi connectivity index (χ1n) is 5.53. The molecule has 3 saturated carbocycles. The van der Waals surface area contributed by atoms with E-state index in [0.29, 0.717) is 6.04 Å². The van der Waals surface area contributed by atoms with Crippen LogP contribution in [-0.2, 0) is 0 Å². The van der Waals surface area contributed by atoms with Gasteiger partial charge in [-0.05, 0) is 48.9 Å². The van der Waals surface area contributed by atoms with Crippen molar-refractivity contribution in [2.75, 3.05) is 0 Å². The summed E-state index contributed by atoms with van der Waals surface area (Å²) in [7, 11) is 0. The van der Waals surface area contributed by atoms with E-state index in [1.54, 1.807) is 0 Å². The maximum atomic E-state index is 6.20. The Morgan fingerprint density at radius 2 is 2.33 bits per heavy atom. The molecule has 0 saturated heterocycles. The van der Waals surface area contributed by atoms with Crippen molar-refractivity contribution in [1.29, 1.82) is 0 Å². The molecule has 0 aromatic rings. The molecule has 12 heavy (non-hydrogen) atoms. The SMILES string of the molecule is CCC1CCC23CC2CC(N)C13. The summed E-state index contributed by atoms with van der Waals surface area (Å²) in [4.78, 5) is 0. The maximum Gasteiger partial charge on any atom is 0.00780 e. The van der Waals surface area contributed by atoms with Gasteiger partial charge in [-0.2, -0.15) is 0 Å². The fourth-order valence-corrected chi connectivity index (χ4v) is 4.41. The van der Waals surface area contributed by atoms with Crippen molar-refractivity contribution in [2.24, 2.45) is 28.9 Å². The molecule has 0 heterocycles. The average Bonchev–Trinajstić information content (AvgIpc) is 2.50. The molecule has 0 bridgehead atoms. The van der Waals surface area contributed by atoms with Gasteiger partial charge in [-0.25, -0.2) is 0 Å². The molecule has 2 N–H and O–H groups in total. The van der Waals surface area contributed by atoms with Crippen molar-refractivity contribution >= 4 is 0 Å². The number of hydrogen-bond acceptors (Lipinski definition) is 1. The molecule has 68 valence electrons. The van der Waals surface area contributed by atoms with Gasteiger partial charge in [0.15, 0.2) is 0 Å². The molecule has 3 aliphatic rings. The Kier molecular flexibility index (Phi) is 1.27. The van der Waals surface area contributed by atoms with Crippen molar-refractivity contribution in [3.8, 4) is 0 Å².